The first-order chi connectivity index (χ1) is 5.83. The van der Waals surface area contributed by atoms with Crippen LogP contribution in [0.4, 0.5) is 5.69 Å². The topological polar surface area (TPSA) is 26.0 Å². The highest BCUT2D eigenvalue weighted by Gasteiger charge is 2.21. The van der Waals surface area contributed by atoms with Crippen LogP contribution >= 0.6 is 0 Å². The zero-order valence-electron chi connectivity index (χ0n) is 7.51. The van der Waals surface area contributed by atoms with Crippen LogP contribution < -0.4 is 5.73 Å². The molecule has 0 fully saturated rings. The molecule has 2 N–H and O–H groups in total. The summed E-state index contributed by atoms with van der Waals surface area (Å²) in [4.78, 5) is 0. The Balaban J connectivity index is 2.46. The largest absolute Gasteiger partial charge is 0.398 e. The fraction of sp³-hybridized carbons (Fsp3) is 0.455. The van der Waals surface area contributed by atoms with Crippen LogP contribution in [0, 0.1) is 0 Å². The van der Waals surface area contributed by atoms with Crippen LogP contribution in [-0.2, 0) is 6.42 Å². The van der Waals surface area contributed by atoms with Gasteiger partial charge in [0, 0.05) is 5.69 Å². The van der Waals surface area contributed by atoms with Gasteiger partial charge in [-0.2, -0.15) is 0 Å². The lowest BCUT2D eigenvalue weighted by Gasteiger charge is -2.08. The van der Waals surface area contributed by atoms with E-state index in [1.165, 1.54) is 30.4 Å². The highest BCUT2D eigenvalue weighted by molar-refractivity contribution is 5.54. The van der Waals surface area contributed by atoms with Gasteiger partial charge in [-0.05, 0) is 42.4 Å². The van der Waals surface area contributed by atoms with Crippen LogP contribution in [0.3, 0.4) is 0 Å². The van der Waals surface area contributed by atoms with Crippen molar-refractivity contribution in [2.45, 2.75) is 32.1 Å². The second-order valence-electron chi connectivity index (χ2n) is 3.56. The lowest BCUT2D eigenvalue weighted by molar-refractivity contribution is 0.656. The number of anilines is 1. The van der Waals surface area contributed by atoms with E-state index >= 15 is 0 Å². The number of benzene rings is 1. The highest BCUT2D eigenvalue weighted by Crippen LogP contribution is 2.37. The first-order valence-corrected chi connectivity index (χ1v) is 4.70. The molecule has 0 radical (unpaired) electrons. The second kappa shape index (κ2) is 2.81. The van der Waals surface area contributed by atoms with Gasteiger partial charge in [0.05, 0.1) is 0 Å². The van der Waals surface area contributed by atoms with Crippen LogP contribution in [0.5, 0.6) is 0 Å². The Morgan fingerprint density at radius 2 is 2.33 bits per heavy atom. The van der Waals surface area contributed by atoms with E-state index in [9.17, 15) is 0 Å². The van der Waals surface area contributed by atoms with Crippen LogP contribution in [-0.4, -0.2) is 0 Å². The van der Waals surface area contributed by atoms with E-state index in [1.54, 1.807) is 0 Å². The summed E-state index contributed by atoms with van der Waals surface area (Å²) in [6.45, 7) is 2.25. The average molecular weight is 161 g/mol. The lowest BCUT2D eigenvalue weighted by atomic mass is 9.98. The van der Waals surface area contributed by atoms with Crippen molar-refractivity contribution in [1.82, 2.24) is 0 Å². The molecule has 2 rings (SSSR count). The molecule has 0 saturated heterocycles. The van der Waals surface area contributed by atoms with Crippen LogP contribution in [0.25, 0.3) is 0 Å². The number of nitrogens with two attached hydrogens (primary N) is 1. The molecule has 64 valence electrons. The van der Waals surface area contributed by atoms with Crippen molar-refractivity contribution in [2.75, 3.05) is 5.73 Å². The zero-order valence-corrected chi connectivity index (χ0v) is 7.51. The average Bonchev–Trinajstić information content (AvgIpc) is 2.49. The van der Waals surface area contributed by atoms with Gasteiger partial charge >= 0.3 is 0 Å². The standard InChI is InChI=1S/C11H15N/c1-2-8-6-7-10-9(8)4-3-5-11(10)12/h3-5,8H,2,6-7,12H2,1H3. The predicted octanol–water partition coefficient (Wildman–Crippen LogP) is 2.71. The molecule has 1 aromatic rings. The molecular weight excluding hydrogens is 146 g/mol. The molecular formula is C11H15N. The Morgan fingerprint density at radius 1 is 1.50 bits per heavy atom. The van der Waals surface area contributed by atoms with Crippen molar-refractivity contribution in [3.05, 3.63) is 29.3 Å². The van der Waals surface area contributed by atoms with E-state index in [0.29, 0.717) is 0 Å². The highest BCUT2D eigenvalue weighted by atomic mass is 14.6. The molecule has 0 saturated carbocycles. The number of hydrogen-bond acceptors (Lipinski definition) is 1. The molecule has 0 spiro atoms. The summed E-state index contributed by atoms with van der Waals surface area (Å²) in [5.41, 5.74) is 9.78. The Morgan fingerprint density at radius 3 is 3.08 bits per heavy atom. The summed E-state index contributed by atoms with van der Waals surface area (Å²) in [7, 11) is 0. The van der Waals surface area contributed by atoms with Gasteiger partial charge in [0.15, 0.2) is 0 Å². The number of fused-ring (bicyclic) bond motifs is 1. The molecule has 1 nitrogen and oxygen atoms in total. The van der Waals surface area contributed by atoms with E-state index in [0.717, 1.165) is 11.6 Å². The maximum absolute atomic E-state index is 5.89. The molecule has 0 aromatic heterocycles. The van der Waals surface area contributed by atoms with Crippen LogP contribution in [0.15, 0.2) is 18.2 Å². The fourth-order valence-electron chi connectivity index (χ4n) is 2.19. The molecule has 1 heteroatoms. The first kappa shape index (κ1) is 7.66. The van der Waals surface area contributed by atoms with E-state index in [1.807, 2.05) is 6.07 Å². The van der Waals surface area contributed by atoms with E-state index < -0.39 is 0 Å². The minimum Gasteiger partial charge on any atom is -0.398 e. The third-order valence-corrected chi connectivity index (χ3v) is 2.92. The van der Waals surface area contributed by atoms with Gasteiger partial charge in [0.1, 0.15) is 0 Å². The molecule has 0 aliphatic heterocycles. The normalized spacial score (nSPS) is 20.9. The molecule has 1 unspecified atom stereocenters. The van der Waals surface area contributed by atoms with Crippen molar-refractivity contribution < 1.29 is 0 Å². The van der Waals surface area contributed by atoms with Gasteiger partial charge < -0.3 is 5.73 Å². The third-order valence-electron chi connectivity index (χ3n) is 2.92. The maximum Gasteiger partial charge on any atom is 0.0349 e. The second-order valence-corrected chi connectivity index (χ2v) is 3.56. The Labute approximate surface area is 73.6 Å². The van der Waals surface area contributed by atoms with Crippen molar-refractivity contribution in [1.29, 1.82) is 0 Å². The third kappa shape index (κ3) is 1.01. The quantitative estimate of drug-likeness (QED) is 0.630. The fourth-order valence-corrected chi connectivity index (χ4v) is 2.19. The monoisotopic (exact) mass is 161 g/mol. The lowest BCUT2D eigenvalue weighted by Crippen LogP contribution is -1.94. The number of nitrogen functional groups attached to an aromatic ring is 1. The molecule has 12 heavy (non-hydrogen) atoms. The summed E-state index contributed by atoms with van der Waals surface area (Å²) in [6, 6.07) is 6.31. The van der Waals surface area contributed by atoms with E-state index in [-0.39, 0.29) is 0 Å². The molecule has 1 atom stereocenters. The smallest absolute Gasteiger partial charge is 0.0349 e. The summed E-state index contributed by atoms with van der Waals surface area (Å²) in [6.07, 6.45) is 3.72. The first-order valence-electron chi connectivity index (χ1n) is 4.70. The van der Waals surface area contributed by atoms with Gasteiger partial charge in [-0.3, -0.25) is 0 Å². The Hall–Kier alpha value is -0.980. The Kier molecular flexibility index (Phi) is 1.80. The van der Waals surface area contributed by atoms with Crippen molar-refractivity contribution >= 4 is 5.69 Å². The summed E-state index contributed by atoms with van der Waals surface area (Å²) >= 11 is 0. The van der Waals surface area contributed by atoms with Gasteiger partial charge in [-0.15, -0.1) is 0 Å². The minimum absolute atomic E-state index is 0.767. The molecule has 1 aromatic carbocycles. The van der Waals surface area contributed by atoms with Gasteiger partial charge in [-0.25, -0.2) is 0 Å². The SMILES string of the molecule is CCC1CCc2c(N)cccc21. The minimum atomic E-state index is 0.767. The maximum atomic E-state index is 5.89. The number of hydrogen-bond donors (Lipinski definition) is 1. The summed E-state index contributed by atoms with van der Waals surface area (Å²) < 4.78 is 0. The predicted molar refractivity (Wildman–Crippen MR) is 52.2 cm³/mol. The van der Waals surface area contributed by atoms with Crippen LogP contribution in [0.2, 0.25) is 0 Å². The van der Waals surface area contributed by atoms with Gasteiger partial charge in [-0.1, -0.05) is 19.1 Å². The molecule has 1 aliphatic carbocycles. The molecule has 0 heterocycles. The van der Waals surface area contributed by atoms with E-state index in [4.69, 9.17) is 5.73 Å². The van der Waals surface area contributed by atoms with Gasteiger partial charge in [0.25, 0.3) is 0 Å². The molecule has 0 bridgehead atoms. The number of rotatable bonds is 1. The zero-order chi connectivity index (χ0) is 8.55. The van der Waals surface area contributed by atoms with Crippen molar-refractivity contribution in [3.8, 4) is 0 Å². The van der Waals surface area contributed by atoms with Gasteiger partial charge in [0.2, 0.25) is 0 Å². The van der Waals surface area contributed by atoms with Crippen LogP contribution in [0.1, 0.15) is 36.8 Å². The van der Waals surface area contributed by atoms with Crippen molar-refractivity contribution in [3.63, 3.8) is 0 Å². The summed E-state index contributed by atoms with van der Waals surface area (Å²) in [5.74, 6) is 0.767. The van der Waals surface area contributed by atoms with E-state index in [2.05, 4.69) is 19.1 Å². The summed E-state index contributed by atoms with van der Waals surface area (Å²) in [5, 5.41) is 0. The van der Waals surface area contributed by atoms with Crippen molar-refractivity contribution in [2.24, 2.45) is 0 Å². The molecule has 1 aliphatic rings. The Bertz CT molecular complexity index is 291. The molecule has 0 amide bonds.